The smallest absolute Gasteiger partial charge is 0.145 e. The Morgan fingerprint density at radius 3 is 2.38 bits per heavy atom. The summed E-state index contributed by atoms with van der Waals surface area (Å²) in [7, 11) is 0. The fourth-order valence-electron chi connectivity index (χ4n) is 2.05. The van der Waals surface area contributed by atoms with Crippen LogP contribution in [0.25, 0.3) is 0 Å². The summed E-state index contributed by atoms with van der Waals surface area (Å²) >= 11 is 0. The summed E-state index contributed by atoms with van der Waals surface area (Å²) in [5.41, 5.74) is 0.873. The van der Waals surface area contributed by atoms with Gasteiger partial charge in [-0.1, -0.05) is 6.07 Å². The van der Waals surface area contributed by atoms with Crippen LogP contribution in [0.4, 0.5) is 18.9 Å². The molecule has 2 nitrogen and oxygen atoms in total. The van der Waals surface area contributed by atoms with Gasteiger partial charge in [-0.2, -0.15) is 0 Å². The molecule has 2 aromatic carbocycles. The molecule has 0 heterocycles. The van der Waals surface area contributed by atoms with Crippen LogP contribution in [0.2, 0.25) is 0 Å². The van der Waals surface area contributed by atoms with Gasteiger partial charge in [0.05, 0.1) is 18.3 Å². The molecule has 0 fully saturated rings. The Labute approximate surface area is 121 Å². The van der Waals surface area contributed by atoms with Gasteiger partial charge in [-0.25, -0.2) is 13.2 Å². The molecule has 0 radical (unpaired) electrons. The van der Waals surface area contributed by atoms with Gasteiger partial charge in [0.2, 0.25) is 0 Å². The van der Waals surface area contributed by atoms with Gasteiger partial charge >= 0.3 is 0 Å². The first-order chi connectivity index (χ1) is 10.0. The zero-order valence-corrected chi connectivity index (χ0v) is 11.8. The molecule has 0 spiro atoms. The van der Waals surface area contributed by atoms with E-state index in [1.165, 1.54) is 30.3 Å². The highest BCUT2D eigenvalue weighted by Crippen LogP contribution is 2.30. The molecule has 2 rings (SSSR count). The second-order valence-electron chi connectivity index (χ2n) is 4.61. The number of benzene rings is 2. The average Bonchev–Trinajstić information content (AvgIpc) is 2.42. The van der Waals surface area contributed by atoms with Crippen LogP contribution in [0.5, 0.6) is 5.75 Å². The van der Waals surface area contributed by atoms with E-state index in [9.17, 15) is 13.2 Å². The van der Waals surface area contributed by atoms with Crippen LogP contribution >= 0.6 is 0 Å². The van der Waals surface area contributed by atoms with Crippen LogP contribution in [0.3, 0.4) is 0 Å². The predicted octanol–water partition coefficient (Wildman–Crippen LogP) is 4.68. The van der Waals surface area contributed by atoms with Gasteiger partial charge in [0.15, 0.2) is 0 Å². The van der Waals surface area contributed by atoms with Gasteiger partial charge in [-0.15, -0.1) is 0 Å². The quantitative estimate of drug-likeness (QED) is 0.865. The van der Waals surface area contributed by atoms with E-state index < -0.39 is 23.5 Å². The van der Waals surface area contributed by atoms with Crippen molar-refractivity contribution in [2.45, 2.75) is 19.9 Å². The van der Waals surface area contributed by atoms with E-state index in [0.717, 1.165) is 6.07 Å². The van der Waals surface area contributed by atoms with E-state index in [4.69, 9.17) is 4.74 Å². The van der Waals surface area contributed by atoms with Gasteiger partial charge in [0, 0.05) is 17.7 Å². The zero-order chi connectivity index (χ0) is 15.4. The number of hydrogen-bond acceptors (Lipinski definition) is 2. The first-order valence-corrected chi connectivity index (χ1v) is 6.65. The van der Waals surface area contributed by atoms with Crippen molar-refractivity contribution < 1.29 is 17.9 Å². The molecule has 0 amide bonds. The van der Waals surface area contributed by atoms with E-state index in [-0.39, 0.29) is 0 Å². The van der Waals surface area contributed by atoms with Crippen LogP contribution in [-0.2, 0) is 0 Å². The number of hydrogen-bond donors (Lipinski definition) is 1. The van der Waals surface area contributed by atoms with Crippen LogP contribution in [0.1, 0.15) is 25.5 Å². The monoisotopic (exact) mass is 295 g/mol. The summed E-state index contributed by atoms with van der Waals surface area (Å²) in [6.45, 7) is 3.91. The summed E-state index contributed by atoms with van der Waals surface area (Å²) < 4.78 is 45.2. The first-order valence-electron chi connectivity index (χ1n) is 6.65. The highest BCUT2D eigenvalue weighted by molar-refractivity contribution is 5.57. The van der Waals surface area contributed by atoms with Gasteiger partial charge in [-0.3, -0.25) is 0 Å². The van der Waals surface area contributed by atoms with E-state index in [2.05, 4.69) is 5.32 Å². The highest BCUT2D eigenvalue weighted by atomic mass is 19.1. The molecule has 112 valence electrons. The molecular weight excluding hydrogens is 279 g/mol. The molecule has 1 unspecified atom stereocenters. The fourth-order valence-corrected chi connectivity index (χ4v) is 2.05. The minimum atomic E-state index is -0.630. The van der Waals surface area contributed by atoms with Crippen LogP contribution in [0, 0.1) is 17.5 Å². The van der Waals surface area contributed by atoms with Crippen molar-refractivity contribution in [3.8, 4) is 5.75 Å². The van der Waals surface area contributed by atoms with E-state index >= 15 is 0 Å². The van der Waals surface area contributed by atoms with Crippen molar-refractivity contribution in [3.05, 3.63) is 59.4 Å². The summed E-state index contributed by atoms with van der Waals surface area (Å²) in [6.07, 6.45) is 0. The molecule has 21 heavy (non-hydrogen) atoms. The van der Waals surface area contributed by atoms with Crippen molar-refractivity contribution in [1.29, 1.82) is 0 Å². The molecule has 0 saturated carbocycles. The Kier molecular flexibility index (Phi) is 4.73. The first kappa shape index (κ1) is 15.2. The molecule has 2 aromatic rings. The minimum Gasteiger partial charge on any atom is -0.492 e. The van der Waals surface area contributed by atoms with Crippen LogP contribution < -0.4 is 10.1 Å². The van der Waals surface area contributed by atoms with Crippen molar-refractivity contribution in [3.63, 3.8) is 0 Å². The Hall–Kier alpha value is -2.17. The summed E-state index contributed by atoms with van der Waals surface area (Å²) in [5, 5.41) is 3.04. The largest absolute Gasteiger partial charge is 0.492 e. The number of ether oxygens (including phenoxy) is 1. The van der Waals surface area contributed by atoms with E-state index in [1.54, 1.807) is 13.8 Å². The summed E-state index contributed by atoms with van der Waals surface area (Å²) in [4.78, 5) is 0. The fraction of sp³-hybridized carbons (Fsp3) is 0.250. The Bertz CT molecular complexity index is 631. The molecule has 0 bridgehead atoms. The van der Waals surface area contributed by atoms with Crippen molar-refractivity contribution >= 4 is 5.69 Å². The maximum absolute atomic E-state index is 13.7. The molecule has 1 N–H and O–H groups in total. The third-order valence-corrected chi connectivity index (χ3v) is 3.04. The number of rotatable bonds is 5. The molecule has 0 aliphatic rings. The Balaban J connectivity index is 2.24. The number of anilines is 1. The Morgan fingerprint density at radius 2 is 1.71 bits per heavy atom. The topological polar surface area (TPSA) is 21.3 Å². The molecule has 1 atom stereocenters. The normalized spacial score (nSPS) is 12.0. The molecule has 5 heteroatoms. The average molecular weight is 295 g/mol. The molecular formula is C16H16F3NO. The highest BCUT2D eigenvalue weighted by Gasteiger charge is 2.14. The van der Waals surface area contributed by atoms with Crippen molar-refractivity contribution in [2.24, 2.45) is 0 Å². The SMILES string of the molecule is CCOc1cc(F)ccc1NC(C)c1ccc(F)cc1F. The lowest BCUT2D eigenvalue weighted by molar-refractivity contribution is 0.339. The van der Waals surface area contributed by atoms with Gasteiger partial charge in [0.25, 0.3) is 0 Å². The lowest BCUT2D eigenvalue weighted by Crippen LogP contribution is -2.10. The van der Waals surface area contributed by atoms with Crippen molar-refractivity contribution in [1.82, 2.24) is 0 Å². The maximum atomic E-state index is 13.7. The van der Waals surface area contributed by atoms with Crippen LogP contribution in [-0.4, -0.2) is 6.61 Å². The second kappa shape index (κ2) is 6.52. The third-order valence-electron chi connectivity index (χ3n) is 3.04. The lowest BCUT2D eigenvalue weighted by atomic mass is 10.1. The molecule has 0 aliphatic carbocycles. The van der Waals surface area contributed by atoms with Gasteiger partial charge in [-0.05, 0) is 32.0 Å². The predicted molar refractivity (Wildman–Crippen MR) is 76.0 cm³/mol. The molecule has 0 aromatic heterocycles. The standard InChI is InChI=1S/C16H16F3NO/c1-3-21-16-9-12(18)5-7-15(16)20-10(2)13-6-4-11(17)8-14(13)19/h4-10,20H,3H2,1-2H3. The molecule has 0 aliphatic heterocycles. The maximum Gasteiger partial charge on any atom is 0.145 e. The lowest BCUT2D eigenvalue weighted by Gasteiger charge is -2.19. The van der Waals surface area contributed by atoms with E-state index in [0.29, 0.717) is 23.6 Å². The third kappa shape index (κ3) is 3.68. The van der Waals surface area contributed by atoms with Crippen LogP contribution in [0.15, 0.2) is 36.4 Å². The second-order valence-corrected chi connectivity index (χ2v) is 4.61. The van der Waals surface area contributed by atoms with Gasteiger partial charge in [0.1, 0.15) is 23.2 Å². The number of nitrogens with one attached hydrogen (secondary N) is 1. The zero-order valence-electron chi connectivity index (χ0n) is 11.8. The number of halogens is 3. The van der Waals surface area contributed by atoms with Gasteiger partial charge < -0.3 is 10.1 Å². The van der Waals surface area contributed by atoms with Crippen molar-refractivity contribution in [2.75, 3.05) is 11.9 Å². The summed E-state index contributed by atoms with van der Waals surface area (Å²) in [5.74, 6) is -1.31. The van der Waals surface area contributed by atoms with E-state index in [1.807, 2.05) is 0 Å². The molecule has 0 saturated heterocycles. The minimum absolute atomic E-state index is 0.322. The summed E-state index contributed by atoms with van der Waals surface area (Å²) in [6, 6.07) is 7.07. The Morgan fingerprint density at radius 1 is 1.05 bits per heavy atom.